The first-order valence-electron chi connectivity index (χ1n) is 9.37. The third-order valence-corrected chi connectivity index (χ3v) is 5.47. The van der Waals surface area contributed by atoms with Crippen molar-refractivity contribution in [1.29, 1.82) is 0 Å². The Kier molecular flexibility index (Phi) is 5.45. The predicted molar refractivity (Wildman–Crippen MR) is 115 cm³/mol. The van der Waals surface area contributed by atoms with Crippen LogP contribution in [0, 0.1) is 0 Å². The number of ether oxygens (including phenoxy) is 1. The first kappa shape index (κ1) is 19.6. The van der Waals surface area contributed by atoms with Crippen LogP contribution in [0.5, 0.6) is 5.75 Å². The molecule has 0 aliphatic carbocycles. The summed E-state index contributed by atoms with van der Waals surface area (Å²) in [6.07, 6.45) is 2.41. The van der Waals surface area contributed by atoms with E-state index in [2.05, 4.69) is 5.43 Å². The number of amides is 2. The van der Waals surface area contributed by atoms with E-state index in [1.165, 1.54) is 22.4 Å². The van der Waals surface area contributed by atoms with Gasteiger partial charge in [0, 0.05) is 0 Å². The molecule has 0 bridgehead atoms. The molecule has 7 heteroatoms. The van der Waals surface area contributed by atoms with Crippen LogP contribution in [0.25, 0.3) is 6.08 Å². The lowest BCUT2D eigenvalue weighted by Crippen LogP contribution is -2.35. The summed E-state index contributed by atoms with van der Waals surface area (Å²) in [6.45, 7) is 2.05. The number of esters is 1. The molecule has 150 valence electrons. The highest BCUT2D eigenvalue weighted by Crippen LogP contribution is 2.23. The van der Waals surface area contributed by atoms with Gasteiger partial charge in [-0.25, -0.2) is 9.80 Å². The number of carbonyl (C=O) groups excluding carboxylic acids is 3. The van der Waals surface area contributed by atoms with Gasteiger partial charge < -0.3 is 4.74 Å². The van der Waals surface area contributed by atoms with Crippen LogP contribution >= 0.6 is 11.3 Å². The minimum Gasteiger partial charge on any atom is -0.422 e. The molecule has 2 heterocycles. The van der Waals surface area contributed by atoms with Crippen molar-refractivity contribution in [1.82, 2.24) is 5.43 Å². The second kappa shape index (κ2) is 8.34. The highest BCUT2D eigenvalue weighted by molar-refractivity contribution is 7.12. The van der Waals surface area contributed by atoms with E-state index >= 15 is 0 Å². The summed E-state index contributed by atoms with van der Waals surface area (Å²) in [5.74, 6) is -0.924. The number of thiophene rings is 1. The van der Waals surface area contributed by atoms with Crippen molar-refractivity contribution < 1.29 is 19.1 Å². The lowest BCUT2D eigenvalue weighted by atomic mass is 10.1. The van der Waals surface area contributed by atoms with Crippen LogP contribution in [0.15, 0.2) is 71.6 Å². The van der Waals surface area contributed by atoms with Crippen molar-refractivity contribution >= 4 is 40.9 Å². The topological polar surface area (TPSA) is 75.7 Å². The van der Waals surface area contributed by atoms with Crippen molar-refractivity contribution in [2.45, 2.75) is 13.3 Å². The van der Waals surface area contributed by atoms with Crippen molar-refractivity contribution in [3.63, 3.8) is 0 Å². The number of hydrogen-bond acceptors (Lipinski definition) is 5. The molecule has 3 aromatic rings. The fourth-order valence-corrected chi connectivity index (χ4v) is 3.57. The Balaban J connectivity index is 1.49. The second-order valence-electron chi connectivity index (χ2n) is 6.60. The Hall–Kier alpha value is -3.71. The van der Waals surface area contributed by atoms with Gasteiger partial charge in [-0.1, -0.05) is 37.3 Å². The number of hydrazine groups is 1. The molecule has 1 N–H and O–H groups in total. The first-order valence-corrected chi connectivity index (χ1v) is 10.2. The largest absolute Gasteiger partial charge is 0.422 e. The Morgan fingerprint density at radius 2 is 1.80 bits per heavy atom. The van der Waals surface area contributed by atoms with Crippen LogP contribution in [0.4, 0.5) is 5.69 Å². The fourth-order valence-electron chi connectivity index (χ4n) is 2.97. The number of nitrogens with one attached hydrogen (secondary N) is 1. The summed E-state index contributed by atoms with van der Waals surface area (Å²) < 4.78 is 5.32. The number of rotatable bonds is 5. The van der Waals surface area contributed by atoms with Gasteiger partial charge in [-0.2, -0.15) is 0 Å². The minimum absolute atomic E-state index is 0.0397. The highest BCUT2D eigenvalue weighted by Gasteiger charge is 2.34. The maximum atomic E-state index is 12.7. The molecule has 1 aromatic heterocycles. The van der Waals surface area contributed by atoms with Crippen LogP contribution in [-0.4, -0.2) is 17.8 Å². The van der Waals surface area contributed by atoms with Gasteiger partial charge in [0.25, 0.3) is 11.8 Å². The van der Waals surface area contributed by atoms with Crippen LogP contribution < -0.4 is 15.2 Å². The smallest absolute Gasteiger partial charge is 0.353 e. The van der Waals surface area contributed by atoms with Crippen LogP contribution in [0.1, 0.15) is 27.7 Å². The third-order valence-electron chi connectivity index (χ3n) is 4.62. The molecule has 1 saturated heterocycles. The van der Waals surface area contributed by atoms with Crippen molar-refractivity contribution in [3.05, 3.63) is 87.6 Å². The minimum atomic E-state index is -0.465. The van der Waals surface area contributed by atoms with E-state index < -0.39 is 17.8 Å². The van der Waals surface area contributed by atoms with Crippen LogP contribution in [0.2, 0.25) is 0 Å². The van der Waals surface area contributed by atoms with E-state index in [1.807, 2.05) is 19.1 Å². The standard InChI is InChI=1S/C23H18N2O4S/c1-2-15-5-9-17(10-6-15)25-22(27)19(21(26)24-25)14-16-7-11-18(12-8-16)29-23(28)20-4-3-13-30-20/h3-14H,2H2,1H3,(H,24,26)/b19-14+. The Morgan fingerprint density at radius 3 is 2.43 bits per heavy atom. The quantitative estimate of drug-likeness (QED) is 0.294. The van der Waals surface area contributed by atoms with E-state index in [9.17, 15) is 14.4 Å². The molecule has 2 aromatic carbocycles. The molecular weight excluding hydrogens is 400 g/mol. The van der Waals surface area contributed by atoms with E-state index in [4.69, 9.17) is 4.74 Å². The predicted octanol–water partition coefficient (Wildman–Crippen LogP) is 3.99. The maximum Gasteiger partial charge on any atom is 0.353 e. The number of carbonyl (C=O) groups is 3. The lowest BCUT2D eigenvalue weighted by molar-refractivity contribution is -0.117. The number of nitrogens with zero attached hydrogens (tertiary/aromatic N) is 1. The fraction of sp³-hybridized carbons (Fsp3) is 0.0870. The normalized spacial score (nSPS) is 14.8. The Bertz CT molecular complexity index is 1120. The lowest BCUT2D eigenvalue weighted by Gasteiger charge is -2.14. The van der Waals surface area contributed by atoms with Crippen molar-refractivity contribution in [3.8, 4) is 5.75 Å². The van der Waals surface area contributed by atoms with Crippen LogP contribution in [-0.2, 0) is 16.0 Å². The van der Waals surface area contributed by atoms with Gasteiger partial charge in [-0.15, -0.1) is 11.3 Å². The molecule has 0 radical (unpaired) electrons. The molecule has 30 heavy (non-hydrogen) atoms. The van der Waals surface area contributed by atoms with Crippen LogP contribution in [0.3, 0.4) is 0 Å². The van der Waals surface area contributed by atoms with E-state index in [0.29, 0.717) is 21.9 Å². The van der Waals surface area contributed by atoms with E-state index in [-0.39, 0.29) is 5.57 Å². The number of hydrogen-bond donors (Lipinski definition) is 1. The van der Waals surface area contributed by atoms with Gasteiger partial charge in [0.15, 0.2) is 0 Å². The molecule has 1 aliphatic rings. The average Bonchev–Trinajstić information content (AvgIpc) is 3.40. The van der Waals surface area contributed by atoms with Gasteiger partial charge >= 0.3 is 5.97 Å². The van der Waals surface area contributed by atoms with Crippen molar-refractivity contribution in [2.75, 3.05) is 5.01 Å². The summed E-state index contributed by atoms with van der Waals surface area (Å²) >= 11 is 1.30. The number of aryl methyl sites for hydroxylation is 1. The third kappa shape index (κ3) is 4.01. The summed E-state index contributed by atoms with van der Waals surface area (Å²) in [7, 11) is 0. The average molecular weight is 418 g/mol. The molecule has 1 aliphatic heterocycles. The molecule has 0 unspecified atom stereocenters. The van der Waals surface area contributed by atoms with E-state index in [1.54, 1.807) is 53.9 Å². The van der Waals surface area contributed by atoms with Gasteiger partial charge in [0.05, 0.1) is 5.69 Å². The molecule has 0 saturated carbocycles. The summed E-state index contributed by atoms with van der Waals surface area (Å²) in [5, 5.41) is 3.04. The summed E-state index contributed by atoms with van der Waals surface area (Å²) in [4.78, 5) is 37.6. The molecular formula is C23H18N2O4S. The van der Waals surface area contributed by atoms with Gasteiger partial charge in [-0.05, 0) is 59.3 Å². The van der Waals surface area contributed by atoms with Gasteiger partial charge in [-0.3, -0.25) is 15.0 Å². The highest BCUT2D eigenvalue weighted by atomic mass is 32.1. The molecule has 1 fully saturated rings. The number of benzene rings is 2. The molecule has 4 rings (SSSR count). The molecule has 6 nitrogen and oxygen atoms in total. The van der Waals surface area contributed by atoms with Crippen molar-refractivity contribution in [2.24, 2.45) is 0 Å². The zero-order valence-corrected chi connectivity index (χ0v) is 16.9. The Morgan fingerprint density at radius 1 is 1.07 bits per heavy atom. The monoisotopic (exact) mass is 418 g/mol. The zero-order valence-electron chi connectivity index (χ0n) is 16.1. The number of anilines is 1. The first-order chi connectivity index (χ1) is 14.5. The summed E-state index contributed by atoms with van der Waals surface area (Å²) in [5.41, 5.74) is 5.02. The van der Waals surface area contributed by atoms with E-state index in [0.717, 1.165) is 12.0 Å². The molecule has 0 spiro atoms. The maximum absolute atomic E-state index is 12.7. The van der Waals surface area contributed by atoms with Gasteiger partial charge in [0.2, 0.25) is 0 Å². The molecule has 2 amide bonds. The van der Waals surface area contributed by atoms with Gasteiger partial charge in [0.1, 0.15) is 16.2 Å². The second-order valence-corrected chi connectivity index (χ2v) is 7.54. The summed E-state index contributed by atoms with van der Waals surface area (Å²) in [6, 6.07) is 17.5. The Labute approximate surface area is 177 Å². The molecule has 0 atom stereocenters. The SMILES string of the molecule is CCc1ccc(N2NC(=O)/C(=C\c3ccc(OC(=O)c4cccs4)cc3)C2=O)cc1. The zero-order chi connectivity index (χ0) is 21.1.